The lowest BCUT2D eigenvalue weighted by molar-refractivity contribution is -0.140. The fourth-order valence-corrected chi connectivity index (χ4v) is 9.21. The first-order valence-electron chi connectivity index (χ1n) is 20.2. The van der Waals surface area contributed by atoms with Crippen molar-refractivity contribution in [2.45, 2.75) is 36.5 Å². The number of aliphatic carboxylic acids is 2. The summed E-state index contributed by atoms with van der Waals surface area (Å²) in [7, 11) is 3.13. The van der Waals surface area contributed by atoms with Gasteiger partial charge in [0, 0.05) is 30.7 Å². The fourth-order valence-electron chi connectivity index (χ4n) is 5.75. The van der Waals surface area contributed by atoms with Crippen molar-refractivity contribution in [3.63, 3.8) is 0 Å². The summed E-state index contributed by atoms with van der Waals surface area (Å²) in [6.07, 6.45) is 1.51. The number of nitrogens with one attached hydrogen (secondary N) is 2. The number of carbonyl (C=O) groups excluding carboxylic acids is 4. The average molecular weight is 971 g/mol. The minimum atomic E-state index is -1.06. The first-order valence-corrected chi connectivity index (χ1v) is 23.8. The third-order valence-corrected chi connectivity index (χ3v) is 13.5. The lowest BCUT2D eigenvalue weighted by Crippen LogP contribution is -2.15. The van der Waals surface area contributed by atoms with Crippen LogP contribution in [0.15, 0.2) is 119 Å². The van der Waals surface area contributed by atoms with Crippen LogP contribution < -0.4 is 29.6 Å². The van der Waals surface area contributed by atoms with Crippen molar-refractivity contribution in [2.75, 3.05) is 49.6 Å². The van der Waals surface area contributed by atoms with Crippen LogP contribution >= 0.6 is 46.2 Å². The molecule has 18 heteroatoms. The highest BCUT2D eigenvalue weighted by molar-refractivity contribution is 8.00. The van der Waals surface area contributed by atoms with Crippen LogP contribution in [0, 0.1) is 0 Å². The van der Waals surface area contributed by atoms with E-state index in [9.17, 15) is 28.8 Å². The number of hydrogen-bond acceptors (Lipinski definition) is 14. The molecule has 0 radical (unpaired) electrons. The molecular weight excluding hydrogens is 925 g/mol. The van der Waals surface area contributed by atoms with Gasteiger partial charge in [-0.15, -0.1) is 46.2 Å². The normalized spacial score (nSPS) is 10.5. The lowest BCUT2D eigenvalue weighted by atomic mass is 10.0. The van der Waals surface area contributed by atoms with Gasteiger partial charge in [-0.1, -0.05) is 19.9 Å². The summed E-state index contributed by atoms with van der Waals surface area (Å²) in [5, 5.41) is 24.2. The zero-order valence-electron chi connectivity index (χ0n) is 36.2. The van der Waals surface area contributed by atoms with Crippen LogP contribution in [0.25, 0.3) is 0 Å². The van der Waals surface area contributed by atoms with Gasteiger partial charge in [-0.2, -0.15) is 0 Å². The Morgan fingerprint density at radius 3 is 1.38 bits per heavy atom. The Labute approximate surface area is 397 Å². The first kappa shape index (κ1) is 50.4. The number of rotatable bonds is 22. The fraction of sp³-hybridized carbons (Fsp3) is 0.208. The molecule has 2 heterocycles. The van der Waals surface area contributed by atoms with Gasteiger partial charge in [-0.3, -0.25) is 19.2 Å². The quantitative estimate of drug-likeness (QED) is 0.0370. The van der Waals surface area contributed by atoms with E-state index < -0.39 is 25.2 Å². The highest BCUT2D eigenvalue weighted by Crippen LogP contribution is 2.33. The number of thiophene rings is 2. The Morgan fingerprint density at radius 2 is 0.955 bits per heavy atom. The number of carbonyl (C=O) groups is 6. The maximum absolute atomic E-state index is 13.1. The van der Waals surface area contributed by atoms with Crippen molar-refractivity contribution in [1.82, 2.24) is 0 Å². The Balaban J connectivity index is 0.000000247. The standard InChI is InChI=1S/2C24H23NO6S2/c1-3-18-12-20(23(29)15-4-6-16(30-2)7-5-15)24(33-18)25-21(26)14-32-19-10-8-17(9-11-19)31-13-22(27)28;1-3-18-12-20(23(29)15-7-9-16(30-2)10-8-15)24(33-18)25-21(26)14-32-19-6-4-5-17(11-19)31-13-22(27)28/h2*4-12H,3,13-14H2,1-2H3,(H,25,26)(H,27,28). The Kier molecular flexibility index (Phi) is 19.2. The molecule has 0 saturated heterocycles. The van der Waals surface area contributed by atoms with Crippen LogP contribution in [0.3, 0.4) is 0 Å². The number of benzene rings is 4. The molecule has 0 spiro atoms. The molecule has 344 valence electrons. The predicted molar refractivity (Wildman–Crippen MR) is 258 cm³/mol. The van der Waals surface area contributed by atoms with Crippen LogP contribution in [0.5, 0.6) is 23.0 Å². The molecule has 0 atom stereocenters. The largest absolute Gasteiger partial charge is 0.497 e. The van der Waals surface area contributed by atoms with Gasteiger partial charge in [0.1, 0.15) is 33.0 Å². The van der Waals surface area contributed by atoms with Crippen LogP contribution in [0.2, 0.25) is 0 Å². The van der Waals surface area contributed by atoms with E-state index in [0.717, 1.165) is 32.4 Å². The summed E-state index contributed by atoms with van der Waals surface area (Å²) in [6, 6.07) is 31.1. The average Bonchev–Trinajstić information content (AvgIpc) is 3.95. The molecule has 0 aliphatic carbocycles. The van der Waals surface area contributed by atoms with Crippen LogP contribution in [-0.2, 0) is 32.0 Å². The second-order valence-electron chi connectivity index (χ2n) is 13.7. The summed E-state index contributed by atoms with van der Waals surface area (Å²) in [4.78, 5) is 76.1. The molecule has 0 aliphatic heterocycles. The van der Waals surface area contributed by atoms with E-state index in [0.29, 0.717) is 55.3 Å². The van der Waals surface area contributed by atoms with E-state index in [2.05, 4.69) is 10.6 Å². The zero-order chi connectivity index (χ0) is 47.6. The molecule has 0 bridgehead atoms. The van der Waals surface area contributed by atoms with Gasteiger partial charge in [0.05, 0.1) is 36.9 Å². The molecule has 6 aromatic rings. The molecule has 6 rings (SSSR count). The third-order valence-electron chi connectivity index (χ3n) is 9.06. The maximum atomic E-state index is 13.1. The highest BCUT2D eigenvalue weighted by atomic mass is 32.2. The Morgan fingerprint density at radius 1 is 0.530 bits per heavy atom. The summed E-state index contributed by atoms with van der Waals surface area (Å²) in [5.41, 5.74) is 1.97. The van der Waals surface area contributed by atoms with Gasteiger partial charge in [-0.05, 0) is 116 Å². The number of thioether (sulfide) groups is 2. The van der Waals surface area contributed by atoms with E-state index in [4.69, 9.17) is 29.2 Å². The SMILES string of the molecule is CCc1cc(C(=O)c2ccc(OC)cc2)c(NC(=O)CSc2ccc(OCC(=O)O)cc2)s1.CCc1cc(C(=O)c2ccc(OC)cc2)c(NC(=O)CSc2cccc(OCC(=O)O)c2)s1. The molecule has 4 aromatic carbocycles. The molecule has 0 aliphatic rings. The summed E-state index contributed by atoms with van der Waals surface area (Å²) in [5.74, 6) is -0.433. The smallest absolute Gasteiger partial charge is 0.341 e. The number of methoxy groups -OCH3 is 2. The van der Waals surface area contributed by atoms with Gasteiger partial charge < -0.3 is 39.8 Å². The summed E-state index contributed by atoms with van der Waals surface area (Å²) in [6.45, 7) is 3.15. The van der Waals surface area contributed by atoms with Gasteiger partial charge in [0.2, 0.25) is 11.8 Å². The monoisotopic (exact) mass is 970 g/mol. The predicted octanol–water partition coefficient (Wildman–Crippen LogP) is 9.49. The molecule has 14 nitrogen and oxygen atoms in total. The molecule has 66 heavy (non-hydrogen) atoms. The number of hydrogen-bond donors (Lipinski definition) is 4. The number of ether oxygens (including phenoxy) is 4. The second-order valence-corrected chi connectivity index (χ2v) is 18.1. The molecule has 0 fully saturated rings. The van der Waals surface area contributed by atoms with Crippen molar-refractivity contribution in [3.8, 4) is 23.0 Å². The number of carboxylic acid groups (broad SMARTS) is 2. The first-order chi connectivity index (χ1) is 31.8. The molecule has 0 unspecified atom stereocenters. The number of ketones is 2. The molecular formula is C48H46N2O12S4. The van der Waals surface area contributed by atoms with Crippen molar-refractivity contribution in [1.29, 1.82) is 0 Å². The Hall–Kier alpha value is -6.60. The minimum absolute atomic E-state index is 0.123. The molecule has 2 amide bonds. The van der Waals surface area contributed by atoms with E-state index in [1.165, 1.54) is 46.2 Å². The van der Waals surface area contributed by atoms with E-state index >= 15 is 0 Å². The number of amides is 2. The maximum Gasteiger partial charge on any atom is 0.341 e. The van der Waals surface area contributed by atoms with Crippen molar-refractivity contribution < 1.29 is 57.9 Å². The van der Waals surface area contributed by atoms with E-state index in [-0.39, 0.29) is 34.9 Å². The molecule has 4 N–H and O–H groups in total. The Bertz CT molecular complexity index is 2630. The summed E-state index contributed by atoms with van der Waals surface area (Å²) >= 11 is 5.41. The van der Waals surface area contributed by atoms with Crippen LogP contribution in [0.4, 0.5) is 10.0 Å². The van der Waals surface area contributed by atoms with E-state index in [1.807, 2.05) is 32.0 Å². The van der Waals surface area contributed by atoms with Gasteiger partial charge >= 0.3 is 11.9 Å². The second kappa shape index (κ2) is 25.2. The third kappa shape index (κ3) is 15.3. The summed E-state index contributed by atoms with van der Waals surface area (Å²) < 4.78 is 20.6. The topological polar surface area (TPSA) is 204 Å². The van der Waals surface area contributed by atoms with Crippen LogP contribution in [0.1, 0.15) is 55.4 Å². The van der Waals surface area contributed by atoms with Gasteiger partial charge in [-0.25, -0.2) is 9.59 Å². The number of anilines is 2. The molecule has 2 aromatic heterocycles. The number of aryl methyl sites for hydroxylation is 2. The number of carboxylic acids is 2. The molecule has 0 saturated carbocycles. The van der Waals surface area contributed by atoms with E-state index in [1.54, 1.807) is 105 Å². The minimum Gasteiger partial charge on any atom is -0.497 e. The zero-order valence-corrected chi connectivity index (χ0v) is 39.5. The lowest BCUT2D eigenvalue weighted by Gasteiger charge is -2.08. The van der Waals surface area contributed by atoms with Crippen molar-refractivity contribution in [3.05, 3.63) is 141 Å². The van der Waals surface area contributed by atoms with Crippen molar-refractivity contribution >= 4 is 91.5 Å². The van der Waals surface area contributed by atoms with Crippen molar-refractivity contribution in [2.24, 2.45) is 0 Å². The van der Waals surface area contributed by atoms with Gasteiger partial charge in [0.15, 0.2) is 24.8 Å². The highest BCUT2D eigenvalue weighted by Gasteiger charge is 2.21. The van der Waals surface area contributed by atoms with Gasteiger partial charge in [0.25, 0.3) is 0 Å². The van der Waals surface area contributed by atoms with Crippen LogP contribution in [-0.4, -0.2) is 84.5 Å².